The molecule has 2 N–H and O–H groups in total. The lowest BCUT2D eigenvalue weighted by molar-refractivity contribution is -0.121. The maximum Gasteiger partial charge on any atom is 0.220 e. The Balaban J connectivity index is 1.84. The molecule has 1 aromatic carbocycles. The molecule has 1 aliphatic rings. The second-order valence-electron chi connectivity index (χ2n) is 5.27. The summed E-state index contributed by atoms with van der Waals surface area (Å²) in [6, 6.07) is 6.72. The van der Waals surface area contributed by atoms with E-state index >= 15 is 0 Å². The Morgan fingerprint density at radius 3 is 2.84 bits per heavy atom. The monoisotopic (exact) mass is 264 g/mol. The highest BCUT2D eigenvalue weighted by Gasteiger charge is 2.44. The van der Waals surface area contributed by atoms with Gasteiger partial charge in [-0.3, -0.25) is 4.79 Å². The predicted octanol–water partition coefficient (Wildman–Crippen LogP) is 1.97. The third-order valence-corrected chi connectivity index (χ3v) is 3.75. The SMILES string of the molecule is CNCCCC(=O)NCC1(c2cccc(F)c2)CC1. The minimum absolute atomic E-state index is 0.0270. The molecule has 0 bridgehead atoms. The zero-order valence-corrected chi connectivity index (χ0v) is 11.3. The largest absolute Gasteiger partial charge is 0.355 e. The summed E-state index contributed by atoms with van der Waals surface area (Å²) in [5.41, 5.74) is 0.976. The van der Waals surface area contributed by atoms with Crippen molar-refractivity contribution in [2.75, 3.05) is 20.1 Å². The van der Waals surface area contributed by atoms with Crippen LogP contribution in [0.1, 0.15) is 31.2 Å². The van der Waals surface area contributed by atoms with Gasteiger partial charge in [-0.15, -0.1) is 0 Å². The minimum atomic E-state index is -0.205. The quantitative estimate of drug-likeness (QED) is 0.739. The number of benzene rings is 1. The fraction of sp³-hybridized carbons (Fsp3) is 0.533. The smallest absolute Gasteiger partial charge is 0.220 e. The molecule has 0 atom stereocenters. The van der Waals surface area contributed by atoms with E-state index in [0.717, 1.165) is 31.4 Å². The molecule has 4 heteroatoms. The first-order chi connectivity index (χ1) is 9.16. The summed E-state index contributed by atoms with van der Waals surface area (Å²) >= 11 is 0. The molecule has 104 valence electrons. The van der Waals surface area contributed by atoms with Gasteiger partial charge in [0.1, 0.15) is 5.82 Å². The highest BCUT2D eigenvalue weighted by Crippen LogP contribution is 2.47. The van der Waals surface area contributed by atoms with Crippen molar-refractivity contribution in [3.8, 4) is 0 Å². The van der Waals surface area contributed by atoms with Crippen molar-refractivity contribution in [1.82, 2.24) is 10.6 Å². The molecular formula is C15H21FN2O. The van der Waals surface area contributed by atoms with Gasteiger partial charge in [0.25, 0.3) is 0 Å². The van der Waals surface area contributed by atoms with Crippen LogP contribution in [0.15, 0.2) is 24.3 Å². The molecule has 0 radical (unpaired) electrons. The fourth-order valence-electron chi connectivity index (χ4n) is 2.32. The van der Waals surface area contributed by atoms with Crippen LogP contribution in [0.4, 0.5) is 4.39 Å². The number of amides is 1. The molecule has 3 nitrogen and oxygen atoms in total. The Morgan fingerprint density at radius 1 is 1.42 bits per heavy atom. The molecule has 1 aliphatic carbocycles. The summed E-state index contributed by atoms with van der Waals surface area (Å²) in [6.07, 6.45) is 3.43. The van der Waals surface area contributed by atoms with E-state index in [1.54, 1.807) is 12.1 Å². The van der Waals surface area contributed by atoms with Crippen LogP contribution in [0.25, 0.3) is 0 Å². The van der Waals surface area contributed by atoms with Crippen LogP contribution >= 0.6 is 0 Å². The van der Waals surface area contributed by atoms with E-state index < -0.39 is 0 Å². The number of carbonyl (C=O) groups is 1. The average Bonchev–Trinajstić information content (AvgIpc) is 3.18. The molecule has 19 heavy (non-hydrogen) atoms. The third kappa shape index (κ3) is 3.77. The van der Waals surface area contributed by atoms with Gasteiger partial charge in [-0.2, -0.15) is 0 Å². The maximum atomic E-state index is 13.2. The Labute approximate surface area is 113 Å². The molecule has 0 spiro atoms. The predicted molar refractivity (Wildman–Crippen MR) is 73.5 cm³/mol. The Morgan fingerprint density at radius 2 is 2.21 bits per heavy atom. The van der Waals surface area contributed by atoms with Crippen molar-refractivity contribution < 1.29 is 9.18 Å². The lowest BCUT2D eigenvalue weighted by Crippen LogP contribution is -2.32. The Bertz CT molecular complexity index is 444. The number of hydrogen-bond acceptors (Lipinski definition) is 2. The molecule has 0 aromatic heterocycles. The summed E-state index contributed by atoms with van der Waals surface area (Å²) in [4.78, 5) is 11.7. The fourth-order valence-corrected chi connectivity index (χ4v) is 2.32. The Kier molecular flexibility index (Phi) is 4.53. The number of carbonyl (C=O) groups excluding carboxylic acids is 1. The molecular weight excluding hydrogens is 243 g/mol. The van der Waals surface area contributed by atoms with Gasteiger partial charge >= 0.3 is 0 Å². The van der Waals surface area contributed by atoms with Crippen LogP contribution in [-0.4, -0.2) is 26.0 Å². The first-order valence-corrected chi connectivity index (χ1v) is 6.84. The standard InChI is InChI=1S/C15H21FN2O/c1-17-9-3-6-14(19)18-11-15(7-8-15)12-4-2-5-13(16)10-12/h2,4-5,10,17H,3,6-9,11H2,1H3,(H,18,19). The first kappa shape index (κ1) is 14.0. The number of halogens is 1. The topological polar surface area (TPSA) is 41.1 Å². The van der Waals surface area contributed by atoms with Gasteiger partial charge in [0, 0.05) is 18.4 Å². The van der Waals surface area contributed by atoms with Crippen LogP contribution in [0, 0.1) is 5.82 Å². The minimum Gasteiger partial charge on any atom is -0.355 e. The Hall–Kier alpha value is -1.42. The zero-order valence-electron chi connectivity index (χ0n) is 11.3. The summed E-state index contributed by atoms with van der Waals surface area (Å²) < 4.78 is 13.2. The van der Waals surface area contributed by atoms with E-state index in [0.29, 0.717) is 13.0 Å². The summed E-state index contributed by atoms with van der Waals surface area (Å²) in [5, 5.41) is 5.99. The average molecular weight is 264 g/mol. The van der Waals surface area contributed by atoms with Crippen molar-refractivity contribution in [2.24, 2.45) is 0 Å². The summed E-state index contributed by atoms with van der Waals surface area (Å²) in [5.74, 6) is -0.123. The second-order valence-corrected chi connectivity index (χ2v) is 5.27. The van der Waals surface area contributed by atoms with Gasteiger partial charge in [0.15, 0.2) is 0 Å². The van der Waals surface area contributed by atoms with Crippen molar-refractivity contribution >= 4 is 5.91 Å². The normalized spacial score (nSPS) is 16.1. The molecule has 0 saturated heterocycles. The molecule has 0 aliphatic heterocycles. The van der Waals surface area contributed by atoms with Crippen molar-refractivity contribution in [3.63, 3.8) is 0 Å². The van der Waals surface area contributed by atoms with Gasteiger partial charge < -0.3 is 10.6 Å². The molecule has 0 heterocycles. The molecule has 1 aromatic rings. The summed E-state index contributed by atoms with van der Waals surface area (Å²) in [6.45, 7) is 1.47. The van der Waals surface area contributed by atoms with Gasteiger partial charge in [-0.1, -0.05) is 12.1 Å². The van der Waals surface area contributed by atoms with E-state index in [2.05, 4.69) is 10.6 Å². The number of rotatable bonds is 7. The lowest BCUT2D eigenvalue weighted by Gasteiger charge is -2.16. The van der Waals surface area contributed by atoms with E-state index in [9.17, 15) is 9.18 Å². The summed E-state index contributed by atoms with van der Waals surface area (Å²) in [7, 11) is 1.88. The first-order valence-electron chi connectivity index (χ1n) is 6.84. The molecule has 1 amide bonds. The van der Waals surface area contributed by atoms with Gasteiger partial charge in [-0.05, 0) is 50.6 Å². The van der Waals surface area contributed by atoms with Gasteiger partial charge in [0.05, 0.1) is 0 Å². The van der Waals surface area contributed by atoms with E-state index in [4.69, 9.17) is 0 Å². The van der Waals surface area contributed by atoms with E-state index in [-0.39, 0.29) is 17.1 Å². The van der Waals surface area contributed by atoms with Crippen LogP contribution in [-0.2, 0) is 10.2 Å². The van der Waals surface area contributed by atoms with Crippen LogP contribution in [0.3, 0.4) is 0 Å². The van der Waals surface area contributed by atoms with Gasteiger partial charge in [0.2, 0.25) is 5.91 Å². The third-order valence-electron chi connectivity index (χ3n) is 3.75. The molecule has 2 rings (SSSR count). The van der Waals surface area contributed by atoms with E-state index in [1.807, 2.05) is 13.1 Å². The molecule has 1 saturated carbocycles. The van der Waals surface area contributed by atoms with Crippen molar-refractivity contribution in [1.29, 1.82) is 0 Å². The molecule has 0 unspecified atom stereocenters. The molecule has 1 fully saturated rings. The highest BCUT2D eigenvalue weighted by atomic mass is 19.1. The second kappa shape index (κ2) is 6.15. The maximum absolute atomic E-state index is 13.2. The van der Waals surface area contributed by atoms with Crippen molar-refractivity contribution in [2.45, 2.75) is 31.1 Å². The van der Waals surface area contributed by atoms with Gasteiger partial charge in [-0.25, -0.2) is 4.39 Å². The number of nitrogens with one attached hydrogen (secondary N) is 2. The van der Waals surface area contributed by atoms with Crippen LogP contribution < -0.4 is 10.6 Å². The van der Waals surface area contributed by atoms with Crippen LogP contribution in [0.2, 0.25) is 0 Å². The lowest BCUT2D eigenvalue weighted by atomic mass is 9.96. The number of hydrogen-bond donors (Lipinski definition) is 2. The zero-order chi connectivity index (χ0) is 13.7. The highest BCUT2D eigenvalue weighted by molar-refractivity contribution is 5.76. The van der Waals surface area contributed by atoms with E-state index in [1.165, 1.54) is 6.07 Å². The van der Waals surface area contributed by atoms with Crippen molar-refractivity contribution in [3.05, 3.63) is 35.6 Å². The van der Waals surface area contributed by atoms with Crippen LogP contribution in [0.5, 0.6) is 0 Å².